The molecule has 0 saturated heterocycles. The Morgan fingerprint density at radius 3 is 2.15 bits per heavy atom. The number of amides is 1. The third-order valence-electron chi connectivity index (χ3n) is 5.06. The molecule has 3 rings (SSSR count). The molecular weight excluding hydrogens is 458 g/mol. The molecule has 0 heterocycles. The van der Waals surface area contributed by atoms with Crippen molar-refractivity contribution < 1.29 is 22.9 Å². The molecule has 0 fully saturated rings. The van der Waals surface area contributed by atoms with Gasteiger partial charge in [-0.15, -0.1) is 0 Å². The van der Waals surface area contributed by atoms with Gasteiger partial charge in [0.2, 0.25) is 5.91 Å². The first-order valence-corrected chi connectivity index (χ1v) is 11.8. The molecule has 3 aromatic rings. The molecule has 0 aliphatic heterocycles. The topological polar surface area (TPSA) is 119 Å². The van der Waals surface area contributed by atoms with Crippen LogP contribution < -0.4 is 14.4 Å². The average molecular weight is 484 g/mol. The van der Waals surface area contributed by atoms with Crippen LogP contribution in [0.3, 0.4) is 0 Å². The molecule has 0 saturated carbocycles. The van der Waals surface area contributed by atoms with Crippen molar-refractivity contribution in [3.05, 3.63) is 87.5 Å². The number of methoxy groups -OCH3 is 1. The van der Waals surface area contributed by atoms with Crippen LogP contribution in [-0.2, 0) is 14.8 Å². The lowest BCUT2D eigenvalue weighted by atomic mass is 10.1. The number of aryl methyl sites for hydroxylation is 3. The Morgan fingerprint density at radius 1 is 0.971 bits per heavy atom. The largest absolute Gasteiger partial charge is 0.495 e. The van der Waals surface area contributed by atoms with E-state index >= 15 is 0 Å². The molecule has 9 nitrogen and oxygen atoms in total. The number of nitro benzene ring substituents is 1. The van der Waals surface area contributed by atoms with Crippen LogP contribution in [0.1, 0.15) is 16.7 Å². The Morgan fingerprint density at radius 2 is 1.59 bits per heavy atom. The van der Waals surface area contributed by atoms with Gasteiger partial charge in [0.15, 0.2) is 0 Å². The fraction of sp³-hybridized carbons (Fsp3) is 0.208. The van der Waals surface area contributed by atoms with E-state index in [0.29, 0.717) is 5.69 Å². The SMILES string of the molecule is COc1ccc([N+](=O)[O-])cc1NC(=O)CN(c1cc(C)cc(C)c1)S(=O)(=O)c1ccc(C)cc1. The van der Waals surface area contributed by atoms with Crippen LogP contribution in [0.25, 0.3) is 0 Å². The van der Waals surface area contributed by atoms with E-state index in [4.69, 9.17) is 4.74 Å². The third-order valence-corrected chi connectivity index (χ3v) is 6.85. The maximum Gasteiger partial charge on any atom is 0.271 e. The fourth-order valence-corrected chi connectivity index (χ4v) is 4.88. The number of rotatable bonds is 8. The van der Waals surface area contributed by atoms with E-state index in [9.17, 15) is 23.3 Å². The minimum Gasteiger partial charge on any atom is -0.495 e. The number of sulfonamides is 1. The highest BCUT2D eigenvalue weighted by atomic mass is 32.2. The monoisotopic (exact) mass is 483 g/mol. The summed E-state index contributed by atoms with van der Waals surface area (Å²) >= 11 is 0. The quantitative estimate of drug-likeness (QED) is 0.376. The van der Waals surface area contributed by atoms with Crippen molar-refractivity contribution in [3.8, 4) is 5.75 Å². The summed E-state index contributed by atoms with van der Waals surface area (Å²) in [7, 11) is -2.73. The average Bonchev–Trinajstić information content (AvgIpc) is 2.76. The van der Waals surface area contributed by atoms with E-state index in [1.165, 1.54) is 31.4 Å². The lowest BCUT2D eigenvalue weighted by Gasteiger charge is -2.25. The lowest BCUT2D eigenvalue weighted by Crippen LogP contribution is -2.38. The van der Waals surface area contributed by atoms with Crippen molar-refractivity contribution in [1.82, 2.24) is 0 Å². The molecule has 10 heteroatoms. The summed E-state index contributed by atoms with van der Waals surface area (Å²) in [5.41, 5.74) is 2.72. The summed E-state index contributed by atoms with van der Waals surface area (Å²) in [5.74, 6) is -0.480. The molecule has 0 spiro atoms. The van der Waals surface area contributed by atoms with Gasteiger partial charge < -0.3 is 10.1 Å². The maximum atomic E-state index is 13.6. The van der Waals surface area contributed by atoms with E-state index < -0.39 is 27.4 Å². The Hall–Kier alpha value is -3.92. The normalized spacial score (nSPS) is 11.1. The molecule has 3 aromatic carbocycles. The van der Waals surface area contributed by atoms with Crippen molar-refractivity contribution in [2.45, 2.75) is 25.7 Å². The molecule has 0 aromatic heterocycles. The van der Waals surface area contributed by atoms with Gasteiger partial charge in [-0.25, -0.2) is 8.42 Å². The third kappa shape index (κ3) is 5.52. The second kappa shape index (κ2) is 9.92. The summed E-state index contributed by atoms with van der Waals surface area (Å²) < 4.78 is 33.3. The number of carbonyl (C=O) groups is 1. The summed E-state index contributed by atoms with van der Waals surface area (Å²) in [6.45, 7) is 4.96. The van der Waals surface area contributed by atoms with Gasteiger partial charge in [-0.05, 0) is 62.2 Å². The molecular formula is C24H25N3O6S. The van der Waals surface area contributed by atoms with E-state index in [0.717, 1.165) is 27.1 Å². The fourth-order valence-electron chi connectivity index (χ4n) is 3.47. The number of benzene rings is 3. The zero-order valence-corrected chi connectivity index (χ0v) is 20.0. The number of anilines is 2. The van der Waals surface area contributed by atoms with Crippen LogP contribution in [-0.4, -0.2) is 32.9 Å². The summed E-state index contributed by atoms with van der Waals surface area (Å²) in [5, 5.41) is 13.7. The second-order valence-corrected chi connectivity index (χ2v) is 9.72. The molecule has 0 aliphatic carbocycles. The zero-order valence-electron chi connectivity index (χ0n) is 19.2. The van der Waals surface area contributed by atoms with Gasteiger partial charge in [0, 0.05) is 12.1 Å². The molecule has 0 unspecified atom stereocenters. The summed E-state index contributed by atoms with van der Waals surface area (Å²) in [4.78, 5) is 23.6. The van der Waals surface area contributed by atoms with Gasteiger partial charge in [-0.3, -0.25) is 19.2 Å². The van der Waals surface area contributed by atoms with Crippen LogP contribution >= 0.6 is 0 Å². The van der Waals surface area contributed by atoms with Crippen LogP contribution in [0.15, 0.2) is 65.6 Å². The second-order valence-electron chi connectivity index (χ2n) is 7.86. The molecule has 0 atom stereocenters. The Labute approximate surface area is 198 Å². The molecule has 0 bridgehead atoms. The summed E-state index contributed by atoms with van der Waals surface area (Å²) in [6, 6.07) is 15.4. The van der Waals surface area contributed by atoms with E-state index in [-0.39, 0.29) is 22.0 Å². The van der Waals surface area contributed by atoms with Crippen molar-refractivity contribution >= 4 is 33.0 Å². The molecule has 1 N–H and O–H groups in total. The lowest BCUT2D eigenvalue weighted by molar-refractivity contribution is -0.384. The van der Waals surface area contributed by atoms with Crippen LogP contribution in [0.2, 0.25) is 0 Å². The Balaban J connectivity index is 2.01. The number of nitrogens with one attached hydrogen (secondary N) is 1. The number of nitro groups is 1. The van der Waals surface area contributed by atoms with Crippen molar-refractivity contribution in [1.29, 1.82) is 0 Å². The number of non-ortho nitro benzene ring substituents is 1. The van der Waals surface area contributed by atoms with Crippen LogP contribution in [0.5, 0.6) is 5.75 Å². The van der Waals surface area contributed by atoms with Gasteiger partial charge in [-0.1, -0.05) is 23.8 Å². The predicted octanol–water partition coefficient (Wildman–Crippen LogP) is 4.36. The first kappa shape index (κ1) is 24.7. The Kier molecular flexibility index (Phi) is 7.21. The number of ether oxygens (including phenoxy) is 1. The van der Waals surface area contributed by atoms with Gasteiger partial charge in [0.05, 0.1) is 28.3 Å². The Bertz CT molecular complexity index is 1320. The highest BCUT2D eigenvalue weighted by Gasteiger charge is 2.28. The maximum absolute atomic E-state index is 13.6. The summed E-state index contributed by atoms with van der Waals surface area (Å²) in [6.07, 6.45) is 0. The van der Waals surface area contributed by atoms with Gasteiger partial charge in [0.25, 0.3) is 15.7 Å². The highest BCUT2D eigenvalue weighted by Crippen LogP contribution is 2.30. The zero-order chi connectivity index (χ0) is 25.0. The number of hydrogen-bond donors (Lipinski definition) is 1. The number of hydrogen-bond acceptors (Lipinski definition) is 6. The first-order chi connectivity index (χ1) is 16.0. The first-order valence-electron chi connectivity index (χ1n) is 10.3. The van der Waals surface area contributed by atoms with Gasteiger partial charge in [0.1, 0.15) is 12.3 Å². The smallest absolute Gasteiger partial charge is 0.271 e. The van der Waals surface area contributed by atoms with E-state index in [1.54, 1.807) is 24.3 Å². The molecule has 1 amide bonds. The van der Waals surface area contributed by atoms with Crippen molar-refractivity contribution in [2.75, 3.05) is 23.3 Å². The van der Waals surface area contributed by atoms with Crippen molar-refractivity contribution in [2.24, 2.45) is 0 Å². The minimum atomic E-state index is -4.10. The molecule has 178 valence electrons. The molecule has 0 aliphatic rings. The number of carbonyl (C=O) groups excluding carboxylic acids is 1. The van der Waals surface area contributed by atoms with Gasteiger partial charge in [-0.2, -0.15) is 0 Å². The molecule has 34 heavy (non-hydrogen) atoms. The van der Waals surface area contributed by atoms with Crippen LogP contribution in [0.4, 0.5) is 17.1 Å². The highest BCUT2D eigenvalue weighted by molar-refractivity contribution is 7.92. The predicted molar refractivity (Wildman–Crippen MR) is 130 cm³/mol. The van der Waals surface area contributed by atoms with E-state index in [1.807, 2.05) is 26.8 Å². The van der Waals surface area contributed by atoms with Crippen molar-refractivity contribution in [3.63, 3.8) is 0 Å². The molecule has 0 radical (unpaired) electrons. The minimum absolute atomic E-state index is 0.0398. The standard InChI is InChI=1S/C24H25N3O6S/c1-16-5-8-21(9-6-16)34(31,32)26(20-12-17(2)11-18(3)13-20)15-24(28)25-22-14-19(27(29)30)7-10-23(22)33-4/h5-14H,15H2,1-4H3,(H,25,28). The van der Waals surface area contributed by atoms with Gasteiger partial charge >= 0.3 is 0 Å². The number of nitrogens with zero attached hydrogens (tertiary/aromatic N) is 2. The van der Waals surface area contributed by atoms with E-state index in [2.05, 4.69) is 5.32 Å². The van der Waals surface area contributed by atoms with Crippen LogP contribution in [0, 0.1) is 30.9 Å².